The number of carboxylic acids is 1. The Labute approximate surface area is 88.1 Å². The summed E-state index contributed by atoms with van der Waals surface area (Å²) >= 11 is 0. The number of phenols is 1. The molecule has 0 radical (unpaired) electrons. The van der Waals surface area contributed by atoms with Crippen LogP contribution in [0.25, 0.3) is 0 Å². The van der Waals surface area contributed by atoms with Crippen LogP contribution in [0.1, 0.15) is 18.9 Å². The van der Waals surface area contributed by atoms with E-state index in [4.69, 9.17) is 9.84 Å². The molecule has 0 atom stereocenters. The second kappa shape index (κ2) is 5.24. The summed E-state index contributed by atoms with van der Waals surface area (Å²) in [6.45, 7) is 1.59. The summed E-state index contributed by atoms with van der Waals surface area (Å²) in [4.78, 5) is 10.3. The number of aromatic hydroxyl groups is 1. The minimum Gasteiger partial charge on any atom is -0.508 e. The van der Waals surface area contributed by atoms with Crippen LogP contribution >= 0.6 is 0 Å². The van der Waals surface area contributed by atoms with E-state index in [9.17, 15) is 9.90 Å². The molecule has 0 amide bonds. The Balaban J connectivity index is 2.85. The summed E-state index contributed by atoms with van der Waals surface area (Å²) in [6.07, 6.45) is 1.53. The van der Waals surface area contributed by atoms with Crippen LogP contribution < -0.4 is 4.74 Å². The van der Waals surface area contributed by atoms with Gasteiger partial charge < -0.3 is 14.9 Å². The van der Waals surface area contributed by atoms with Gasteiger partial charge in [-0.05, 0) is 18.6 Å². The predicted octanol–water partition coefficient (Wildman–Crippen LogP) is 1.81. The van der Waals surface area contributed by atoms with Gasteiger partial charge in [0, 0.05) is 5.56 Å². The Kier molecular flexibility index (Phi) is 3.97. The van der Waals surface area contributed by atoms with Crippen molar-refractivity contribution >= 4 is 5.97 Å². The lowest BCUT2D eigenvalue weighted by Crippen LogP contribution is -2.10. The predicted molar refractivity (Wildman–Crippen MR) is 55.2 cm³/mol. The number of aliphatic carboxylic acids is 1. The van der Waals surface area contributed by atoms with E-state index in [2.05, 4.69) is 0 Å². The van der Waals surface area contributed by atoms with Gasteiger partial charge in [0.1, 0.15) is 11.5 Å². The van der Waals surface area contributed by atoms with Gasteiger partial charge in [0.25, 0.3) is 0 Å². The lowest BCUT2D eigenvalue weighted by molar-refractivity contribution is -0.139. The number of ether oxygens (including phenoxy) is 1. The summed E-state index contributed by atoms with van der Waals surface area (Å²) < 4.78 is 5.07. The van der Waals surface area contributed by atoms with Crippen molar-refractivity contribution in [2.75, 3.05) is 6.61 Å². The van der Waals surface area contributed by atoms with Gasteiger partial charge in [0.2, 0.25) is 0 Å². The molecule has 0 aliphatic heterocycles. The molecule has 0 unspecified atom stereocenters. The number of hydrogen-bond donors (Lipinski definition) is 2. The Morgan fingerprint density at radius 2 is 2.20 bits per heavy atom. The maximum atomic E-state index is 10.3. The number of carboxylic acid groups (broad SMARTS) is 1. The minimum atomic E-state index is -1.03. The third-order valence-corrected chi connectivity index (χ3v) is 1.96. The standard InChI is InChI=1S/C11H14O4/c1-2-4-8-9(12)5-3-6-10(8)15-7-11(13)14/h3,5-6,12H,2,4,7H2,1H3,(H,13,14). The molecular weight excluding hydrogens is 196 g/mol. The van der Waals surface area contributed by atoms with Crippen LogP contribution in [0.4, 0.5) is 0 Å². The molecule has 0 aromatic heterocycles. The first-order valence-corrected chi connectivity index (χ1v) is 4.80. The molecule has 0 bridgehead atoms. The van der Waals surface area contributed by atoms with E-state index in [-0.39, 0.29) is 12.4 Å². The Bertz CT molecular complexity index is 346. The molecule has 0 aliphatic carbocycles. The third-order valence-electron chi connectivity index (χ3n) is 1.96. The smallest absolute Gasteiger partial charge is 0.341 e. The zero-order chi connectivity index (χ0) is 11.3. The van der Waals surface area contributed by atoms with Gasteiger partial charge in [0.05, 0.1) is 0 Å². The van der Waals surface area contributed by atoms with Gasteiger partial charge in [-0.1, -0.05) is 19.4 Å². The van der Waals surface area contributed by atoms with Crippen LogP contribution in [0.15, 0.2) is 18.2 Å². The van der Waals surface area contributed by atoms with E-state index in [1.165, 1.54) is 0 Å². The topological polar surface area (TPSA) is 66.8 Å². The first-order chi connectivity index (χ1) is 7.15. The van der Waals surface area contributed by atoms with Crippen LogP contribution in [-0.2, 0) is 11.2 Å². The highest BCUT2D eigenvalue weighted by Gasteiger charge is 2.09. The molecule has 1 rings (SSSR count). The van der Waals surface area contributed by atoms with E-state index >= 15 is 0 Å². The number of hydrogen-bond acceptors (Lipinski definition) is 3. The lowest BCUT2D eigenvalue weighted by atomic mass is 10.1. The minimum absolute atomic E-state index is 0.153. The van der Waals surface area contributed by atoms with Gasteiger partial charge in [-0.2, -0.15) is 0 Å². The monoisotopic (exact) mass is 210 g/mol. The summed E-state index contributed by atoms with van der Waals surface area (Å²) in [5.74, 6) is -0.431. The van der Waals surface area contributed by atoms with E-state index < -0.39 is 5.97 Å². The average molecular weight is 210 g/mol. The highest BCUT2D eigenvalue weighted by atomic mass is 16.5. The second-order valence-corrected chi connectivity index (χ2v) is 3.19. The molecule has 0 saturated heterocycles. The Morgan fingerprint density at radius 3 is 2.80 bits per heavy atom. The normalized spacial score (nSPS) is 9.93. The van der Waals surface area contributed by atoms with E-state index in [1.54, 1.807) is 18.2 Å². The Morgan fingerprint density at radius 1 is 1.47 bits per heavy atom. The maximum absolute atomic E-state index is 10.3. The van der Waals surface area contributed by atoms with E-state index in [0.717, 1.165) is 6.42 Å². The van der Waals surface area contributed by atoms with Crippen LogP contribution in [0.5, 0.6) is 11.5 Å². The van der Waals surface area contributed by atoms with Gasteiger partial charge in [-0.15, -0.1) is 0 Å². The van der Waals surface area contributed by atoms with Crippen molar-refractivity contribution in [1.29, 1.82) is 0 Å². The summed E-state index contributed by atoms with van der Waals surface area (Å²) in [7, 11) is 0. The first kappa shape index (κ1) is 11.4. The number of benzene rings is 1. The average Bonchev–Trinajstić information content (AvgIpc) is 2.19. The molecule has 82 valence electrons. The van der Waals surface area contributed by atoms with Crippen LogP contribution in [0, 0.1) is 0 Å². The van der Waals surface area contributed by atoms with Crippen LogP contribution in [0.3, 0.4) is 0 Å². The largest absolute Gasteiger partial charge is 0.508 e. The molecule has 2 N–H and O–H groups in total. The van der Waals surface area contributed by atoms with E-state index in [1.807, 2.05) is 6.92 Å². The zero-order valence-corrected chi connectivity index (χ0v) is 8.56. The van der Waals surface area contributed by atoms with Crippen molar-refractivity contribution in [2.24, 2.45) is 0 Å². The lowest BCUT2D eigenvalue weighted by Gasteiger charge is -2.10. The molecule has 0 aliphatic rings. The number of phenolic OH excluding ortho intramolecular Hbond substituents is 1. The zero-order valence-electron chi connectivity index (χ0n) is 8.56. The van der Waals surface area contributed by atoms with Gasteiger partial charge in [-0.25, -0.2) is 4.79 Å². The van der Waals surface area contributed by atoms with Crippen molar-refractivity contribution < 1.29 is 19.7 Å². The molecule has 1 aromatic rings. The third kappa shape index (κ3) is 3.16. The molecule has 0 saturated carbocycles. The quantitative estimate of drug-likeness (QED) is 0.777. The van der Waals surface area contributed by atoms with Crippen molar-refractivity contribution in [3.05, 3.63) is 23.8 Å². The van der Waals surface area contributed by atoms with Crippen molar-refractivity contribution in [3.8, 4) is 11.5 Å². The molecule has 0 fully saturated rings. The van der Waals surface area contributed by atoms with Gasteiger partial charge in [-0.3, -0.25) is 0 Å². The fourth-order valence-electron chi connectivity index (χ4n) is 1.33. The van der Waals surface area contributed by atoms with Crippen molar-refractivity contribution in [3.63, 3.8) is 0 Å². The van der Waals surface area contributed by atoms with Crippen LogP contribution in [0.2, 0.25) is 0 Å². The van der Waals surface area contributed by atoms with Gasteiger partial charge >= 0.3 is 5.97 Å². The molecule has 4 heteroatoms. The first-order valence-electron chi connectivity index (χ1n) is 4.80. The highest BCUT2D eigenvalue weighted by molar-refractivity contribution is 5.68. The SMILES string of the molecule is CCCc1c(O)cccc1OCC(=O)O. The molecule has 0 heterocycles. The highest BCUT2D eigenvalue weighted by Crippen LogP contribution is 2.28. The fourth-order valence-corrected chi connectivity index (χ4v) is 1.33. The molecule has 15 heavy (non-hydrogen) atoms. The fraction of sp³-hybridized carbons (Fsp3) is 0.364. The number of rotatable bonds is 5. The summed E-state index contributed by atoms with van der Waals surface area (Å²) in [5.41, 5.74) is 0.668. The second-order valence-electron chi connectivity index (χ2n) is 3.19. The summed E-state index contributed by atoms with van der Waals surface area (Å²) in [6, 6.07) is 4.86. The maximum Gasteiger partial charge on any atom is 0.341 e. The van der Waals surface area contributed by atoms with Crippen molar-refractivity contribution in [1.82, 2.24) is 0 Å². The molecule has 0 spiro atoms. The van der Waals surface area contributed by atoms with E-state index in [0.29, 0.717) is 17.7 Å². The van der Waals surface area contributed by atoms with Gasteiger partial charge in [0.15, 0.2) is 6.61 Å². The number of carbonyl (C=O) groups is 1. The van der Waals surface area contributed by atoms with Crippen molar-refractivity contribution in [2.45, 2.75) is 19.8 Å². The van der Waals surface area contributed by atoms with Crippen LogP contribution in [-0.4, -0.2) is 22.8 Å². The Hall–Kier alpha value is -1.71. The molecular formula is C11H14O4. The molecule has 1 aromatic carbocycles. The summed E-state index contributed by atoms with van der Waals surface area (Å²) in [5, 5.41) is 18.0. The molecule has 4 nitrogen and oxygen atoms in total.